The third-order valence-electron chi connectivity index (χ3n) is 2.84. The van der Waals surface area contributed by atoms with Crippen molar-refractivity contribution >= 4 is 5.78 Å². The lowest BCUT2D eigenvalue weighted by Gasteiger charge is -2.07. The van der Waals surface area contributed by atoms with Crippen LogP contribution in [0.5, 0.6) is 11.5 Å². The molecule has 0 aliphatic rings. The number of ether oxygens (including phenoxy) is 2. The SMILES string of the molecule is Cc1ccc(OCC(=O)COc2ccc(C)cc2)cc1. The summed E-state index contributed by atoms with van der Waals surface area (Å²) >= 11 is 0. The number of carbonyl (C=O) groups excluding carboxylic acids is 1. The van der Waals surface area contributed by atoms with Crippen LogP contribution in [0.1, 0.15) is 11.1 Å². The van der Waals surface area contributed by atoms with Gasteiger partial charge in [0.15, 0.2) is 0 Å². The highest BCUT2D eigenvalue weighted by Crippen LogP contribution is 2.12. The van der Waals surface area contributed by atoms with Crippen LogP contribution < -0.4 is 9.47 Å². The van der Waals surface area contributed by atoms with Crippen LogP contribution in [0.15, 0.2) is 48.5 Å². The zero-order valence-corrected chi connectivity index (χ0v) is 11.8. The number of carbonyl (C=O) groups is 1. The van der Waals surface area contributed by atoms with Gasteiger partial charge in [0.25, 0.3) is 0 Å². The van der Waals surface area contributed by atoms with Crippen LogP contribution in [-0.2, 0) is 4.79 Å². The lowest BCUT2D eigenvalue weighted by atomic mass is 10.2. The minimum atomic E-state index is -0.0915. The zero-order valence-electron chi connectivity index (χ0n) is 11.8. The van der Waals surface area contributed by atoms with E-state index in [1.54, 1.807) is 0 Å². The molecular weight excluding hydrogens is 252 g/mol. The topological polar surface area (TPSA) is 35.5 Å². The van der Waals surface area contributed by atoms with E-state index in [0.29, 0.717) is 11.5 Å². The number of benzene rings is 2. The molecule has 0 N–H and O–H groups in total. The Morgan fingerprint density at radius 3 is 1.45 bits per heavy atom. The highest BCUT2D eigenvalue weighted by atomic mass is 16.5. The van der Waals surface area contributed by atoms with Gasteiger partial charge in [-0.25, -0.2) is 0 Å². The summed E-state index contributed by atoms with van der Waals surface area (Å²) in [6.45, 7) is 4.05. The molecule has 0 saturated carbocycles. The molecule has 0 saturated heterocycles. The lowest BCUT2D eigenvalue weighted by molar-refractivity contribution is -0.123. The van der Waals surface area contributed by atoms with Gasteiger partial charge in [0.1, 0.15) is 24.7 Å². The molecule has 0 amide bonds. The molecule has 2 rings (SSSR count). The highest BCUT2D eigenvalue weighted by molar-refractivity contribution is 5.81. The summed E-state index contributed by atoms with van der Waals surface area (Å²) in [5, 5.41) is 0. The van der Waals surface area contributed by atoms with Gasteiger partial charge in [0.05, 0.1) is 0 Å². The maximum atomic E-state index is 11.7. The molecule has 0 aliphatic carbocycles. The van der Waals surface area contributed by atoms with Crippen molar-refractivity contribution in [2.75, 3.05) is 13.2 Å². The predicted molar refractivity (Wildman–Crippen MR) is 78.4 cm³/mol. The second-order valence-electron chi connectivity index (χ2n) is 4.74. The van der Waals surface area contributed by atoms with Gasteiger partial charge in [-0.1, -0.05) is 35.4 Å². The van der Waals surface area contributed by atoms with Gasteiger partial charge in [0, 0.05) is 0 Å². The van der Waals surface area contributed by atoms with E-state index in [0.717, 1.165) is 11.1 Å². The number of ketones is 1. The molecule has 0 atom stereocenters. The fourth-order valence-electron chi connectivity index (χ4n) is 1.64. The Bertz CT molecular complexity index is 504. The Labute approximate surface area is 119 Å². The van der Waals surface area contributed by atoms with E-state index in [-0.39, 0.29) is 19.0 Å². The highest BCUT2D eigenvalue weighted by Gasteiger charge is 2.04. The Morgan fingerprint density at radius 2 is 1.10 bits per heavy atom. The average Bonchev–Trinajstić information content (AvgIpc) is 2.46. The normalized spacial score (nSPS) is 10.1. The second-order valence-corrected chi connectivity index (χ2v) is 4.74. The fraction of sp³-hybridized carbons (Fsp3) is 0.235. The van der Waals surface area contributed by atoms with Crippen LogP contribution >= 0.6 is 0 Å². The Kier molecular flexibility index (Phi) is 4.77. The lowest BCUT2D eigenvalue weighted by Crippen LogP contribution is -2.19. The smallest absolute Gasteiger partial charge is 0.207 e. The number of rotatable bonds is 6. The van der Waals surface area contributed by atoms with Gasteiger partial charge in [-0.05, 0) is 38.1 Å². The van der Waals surface area contributed by atoms with Gasteiger partial charge >= 0.3 is 0 Å². The van der Waals surface area contributed by atoms with Crippen molar-refractivity contribution in [3.63, 3.8) is 0 Å². The average molecular weight is 270 g/mol. The number of hydrogen-bond donors (Lipinski definition) is 0. The first kappa shape index (κ1) is 14.1. The van der Waals surface area contributed by atoms with Gasteiger partial charge in [-0.3, -0.25) is 4.79 Å². The van der Waals surface area contributed by atoms with E-state index in [4.69, 9.17) is 9.47 Å². The van der Waals surface area contributed by atoms with Crippen LogP contribution in [-0.4, -0.2) is 19.0 Å². The van der Waals surface area contributed by atoms with Crippen LogP contribution in [0.25, 0.3) is 0 Å². The quantitative estimate of drug-likeness (QED) is 0.807. The van der Waals surface area contributed by atoms with E-state index < -0.39 is 0 Å². The molecule has 0 unspecified atom stereocenters. The number of aryl methyl sites for hydroxylation is 2. The second kappa shape index (κ2) is 6.75. The maximum absolute atomic E-state index is 11.7. The standard InChI is InChI=1S/C17H18O3/c1-13-3-7-16(8-4-13)19-11-15(18)12-20-17-9-5-14(2)6-10-17/h3-10H,11-12H2,1-2H3. The molecule has 0 bridgehead atoms. The summed E-state index contributed by atoms with van der Waals surface area (Å²) in [5.74, 6) is 1.30. The monoisotopic (exact) mass is 270 g/mol. The van der Waals surface area contributed by atoms with Crippen molar-refractivity contribution in [2.24, 2.45) is 0 Å². The van der Waals surface area contributed by atoms with Crippen LogP contribution in [0.3, 0.4) is 0 Å². The third-order valence-corrected chi connectivity index (χ3v) is 2.84. The van der Waals surface area contributed by atoms with Gasteiger partial charge in [-0.15, -0.1) is 0 Å². The first-order valence-corrected chi connectivity index (χ1v) is 6.54. The first-order chi connectivity index (χ1) is 9.63. The molecular formula is C17H18O3. The molecule has 20 heavy (non-hydrogen) atoms. The summed E-state index contributed by atoms with van der Waals surface area (Å²) in [5.41, 5.74) is 2.32. The summed E-state index contributed by atoms with van der Waals surface area (Å²) in [6, 6.07) is 15.2. The summed E-state index contributed by atoms with van der Waals surface area (Å²) in [4.78, 5) is 11.7. The molecule has 3 nitrogen and oxygen atoms in total. The fourth-order valence-corrected chi connectivity index (χ4v) is 1.64. The molecule has 0 fully saturated rings. The number of hydrogen-bond acceptors (Lipinski definition) is 3. The van der Waals surface area contributed by atoms with E-state index in [9.17, 15) is 4.79 Å². The zero-order chi connectivity index (χ0) is 14.4. The summed E-state index contributed by atoms with van der Waals surface area (Å²) in [6.07, 6.45) is 0. The minimum absolute atomic E-state index is 0.0227. The summed E-state index contributed by atoms with van der Waals surface area (Å²) < 4.78 is 10.8. The molecule has 3 heteroatoms. The third kappa shape index (κ3) is 4.43. The van der Waals surface area contributed by atoms with E-state index >= 15 is 0 Å². The first-order valence-electron chi connectivity index (χ1n) is 6.54. The largest absolute Gasteiger partial charge is 0.486 e. The van der Waals surface area contributed by atoms with Gasteiger partial charge < -0.3 is 9.47 Å². The minimum Gasteiger partial charge on any atom is -0.486 e. The molecule has 2 aromatic carbocycles. The van der Waals surface area contributed by atoms with Crippen LogP contribution in [0.2, 0.25) is 0 Å². The van der Waals surface area contributed by atoms with Crippen molar-refractivity contribution in [2.45, 2.75) is 13.8 Å². The Morgan fingerprint density at radius 1 is 0.750 bits per heavy atom. The van der Waals surface area contributed by atoms with Gasteiger partial charge in [-0.2, -0.15) is 0 Å². The summed E-state index contributed by atoms with van der Waals surface area (Å²) in [7, 11) is 0. The maximum Gasteiger partial charge on any atom is 0.207 e. The molecule has 0 aliphatic heterocycles. The van der Waals surface area contributed by atoms with E-state index in [1.807, 2.05) is 62.4 Å². The Balaban J connectivity index is 1.75. The Hall–Kier alpha value is -2.29. The molecule has 0 radical (unpaired) electrons. The predicted octanol–water partition coefficient (Wildman–Crippen LogP) is 3.33. The van der Waals surface area contributed by atoms with Gasteiger partial charge in [0.2, 0.25) is 5.78 Å². The molecule has 0 spiro atoms. The van der Waals surface area contributed by atoms with Crippen molar-refractivity contribution in [3.05, 3.63) is 59.7 Å². The van der Waals surface area contributed by atoms with Crippen LogP contribution in [0, 0.1) is 13.8 Å². The van der Waals surface area contributed by atoms with E-state index in [1.165, 1.54) is 0 Å². The van der Waals surface area contributed by atoms with Crippen molar-refractivity contribution in [1.82, 2.24) is 0 Å². The number of Topliss-reactive ketones (excluding diaryl/α,β-unsaturated/α-hetero) is 1. The van der Waals surface area contributed by atoms with Crippen molar-refractivity contribution < 1.29 is 14.3 Å². The molecule has 104 valence electrons. The van der Waals surface area contributed by atoms with Crippen molar-refractivity contribution in [3.8, 4) is 11.5 Å². The van der Waals surface area contributed by atoms with Crippen LogP contribution in [0.4, 0.5) is 0 Å². The van der Waals surface area contributed by atoms with E-state index in [2.05, 4.69) is 0 Å². The van der Waals surface area contributed by atoms with Crippen molar-refractivity contribution in [1.29, 1.82) is 0 Å². The molecule has 2 aromatic rings. The molecule has 0 aromatic heterocycles. The molecule has 0 heterocycles.